The summed E-state index contributed by atoms with van der Waals surface area (Å²) >= 11 is 3.57. The summed E-state index contributed by atoms with van der Waals surface area (Å²) in [5.41, 5.74) is 2.69. The maximum absolute atomic E-state index is 3.57. The van der Waals surface area contributed by atoms with Crippen LogP contribution in [-0.4, -0.2) is 19.6 Å². The van der Waals surface area contributed by atoms with Crippen LogP contribution in [0.1, 0.15) is 39.2 Å². The van der Waals surface area contributed by atoms with Crippen molar-refractivity contribution in [3.63, 3.8) is 0 Å². The number of anilines is 1. The van der Waals surface area contributed by atoms with Crippen LogP contribution in [0.15, 0.2) is 22.7 Å². The highest BCUT2D eigenvalue weighted by molar-refractivity contribution is 9.10. The smallest absolute Gasteiger partial charge is 0.0422 e. The summed E-state index contributed by atoms with van der Waals surface area (Å²) in [6.07, 6.45) is 2.33. The first kappa shape index (κ1) is 15.5. The van der Waals surface area contributed by atoms with Crippen LogP contribution in [-0.2, 0) is 6.54 Å². The molecular weight excluding hydrogens is 288 g/mol. The highest BCUT2D eigenvalue weighted by Gasteiger charge is 2.12. The molecular formula is C15H25BrN2. The molecule has 0 aliphatic heterocycles. The van der Waals surface area contributed by atoms with Gasteiger partial charge in [-0.1, -0.05) is 35.8 Å². The molecule has 0 aliphatic carbocycles. The predicted octanol–water partition coefficient (Wildman–Crippen LogP) is 4.18. The van der Waals surface area contributed by atoms with E-state index in [4.69, 9.17) is 0 Å². The van der Waals surface area contributed by atoms with Gasteiger partial charge >= 0.3 is 0 Å². The third-order valence-corrected chi connectivity index (χ3v) is 3.91. The number of hydrogen-bond acceptors (Lipinski definition) is 2. The van der Waals surface area contributed by atoms with E-state index in [0.717, 1.165) is 24.0 Å². The van der Waals surface area contributed by atoms with Gasteiger partial charge in [0.15, 0.2) is 0 Å². The van der Waals surface area contributed by atoms with E-state index in [9.17, 15) is 0 Å². The molecule has 3 heteroatoms. The number of hydrogen-bond donors (Lipinski definition) is 1. The lowest BCUT2D eigenvalue weighted by Gasteiger charge is -2.28. The number of benzene rings is 1. The minimum atomic E-state index is 0.559. The second-order valence-corrected chi connectivity index (χ2v) is 5.73. The monoisotopic (exact) mass is 312 g/mol. The number of halogens is 1. The van der Waals surface area contributed by atoms with E-state index in [2.05, 4.69) is 72.2 Å². The van der Waals surface area contributed by atoms with E-state index >= 15 is 0 Å². The quantitative estimate of drug-likeness (QED) is 0.760. The molecule has 1 aromatic rings. The summed E-state index contributed by atoms with van der Waals surface area (Å²) in [4.78, 5) is 2.37. The summed E-state index contributed by atoms with van der Waals surface area (Å²) < 4.78 is 1.15. The molecule has 1 atom stereocenters. The molecule has 0 spiro atoms. The van der Waals surface area contributed by atoms with Gasteiger partial charge in [0.25, 0.3) is 0 Å². The maximum Gasteiger partial charge on any atom is 0.0422 e. The Morgan fingerprint density at radius 2 is 2.06 bits per heavy atom. The third-order valence-electron chi connectivity index (χ3n) is 3.42. The molecule has 1 unspecified atom stereocenters. The fourth-order valence-electron chi connectivity index (χ4n) is 1.93. The van der Waals surface area contributed by atoms with Crippen molar-refractivity contribution >= 4 is 21.6 Å². The van der Waals surface area contributed by atoms with Crippen molar-refractivity contribution in [1.29, 1.82) is 0 Å². The molecule has 0 aliphatic rings. The molecule has 102 valence electrons. The van der Waals surface area contributed by atoms with Crippen LogP contribution in [0.2, 0.25) is 0 Å². The summed E-state index contributed by atoms with van der Waals surface area (Å²) in [5, 5.41) is 3.48. The minimum Gasteiger partial charge on any atom is -0.372 e. The molecule has 0 saturated carbocycles. The summed E-state index contributed by atoms with van der Waals surface area (Å²) in [6.45, 7) is 8.71. The molecule has 0 saturated heterocycles. The average molecular weight is 313 g/mol. The summed E-state index contributed by atoms with van der Waals surface area (Å²) in [5.74, 6) is 0. The molecule has 0 bridgehead atoms. The van der Waals surface area contributed by atoms with Crippen molar-refractivity contribution in [3.8, 4) is 0 Å². The summed E-state index contributed by atoms with van der Waals surface area (Å²) in [6, 6.07) is 7.11. The van der Waals surface area contributed by atoms with Crippen LogP contribution in [0.4, 0.5) is 5.69 Å². The van der Waals surface area contributed by atoms with Gasteiger partial charge in [0.05, 0.1) is 0 Å². The van der Waals surface area contributed by atoms with E-state index in [0.29, 0.717) is 6.04 Å². The molecule has 0 radical (unpaired) electrons. The Balaban J connectivity index is 2.88. The highest BCUT2D eigenvalue weighted by Crippen LogP contribution is 2.26. The number of rotatable bonds is 7. The van der Waals surface area contributed by atoms with Gasteiger partial charge in [0.1, 0.15) is 0 Å². The van der Waals surface area contributed by atoms with Gasteiger partial charge in [-0.05, 0) is 44.0 Å². The van der Waals surface area contributed by atoms with Crippen molar-refractivity contribution in [1.82, 2.24) is 5.32 Å². The molecule has 1 aromatic carbocycles. The van der Waals surface area contributed by atoms with Gasteiger partial charge in [-0.25, -0.2) is 0 Å². The molecule has 0 heterocycles. The first-order valence-corrected chi connectivity index (χ1v) is 7.61. The van der Waals surface area contributed by atoms with Crippen LogP contribution in [0, 0.1) is 0 Å². The number of nitrogens with one attached hydrogen (secondary N) is 1. The van der Waals surface area contributed by atoms with E-state index in [1.165, 1.54) is 17.7 Å². The van der Waals surface area contributed by atoms with Gasteiger partial charge in [0.2, 0.25) is 0 Å². The van der Waals surface area contributed by atoms with Crippen molar-refractivity contribution < 1.29 is 0 Å². The highest BCUT2D eigenvalue weighted by atomic mass is 79.9. The van der Waals surface area contributed by atoms with Crippen molar-refractivity contribution in [3.05, 3.63) is 28.2 Å². The van der Waals surface area contributed by atoms with Gasteiger partial charge < -0.3 is 10.2 Å². The lowest BCUT2D eigenvalue weighted by molar-refractivity contribution is 0.647. The lowest BCUT2D eigenvalue weighted by Crippen LogP contribution is -2.29. The molecule has 1 rings (SSSR count). The van der Waals surface area contributed by atoms with Crippen LogP contribution >= 0.6 is 15.9 Å². The van der Waals surface area contributed by atoms with Crippen LogP contribution in [0.5, 0.6) is 0 Å². The van der Waals surface area contributed by atoms with Crippen molar-refractivity contribution in [2.45, 2.75) is 46.2 Å². The van der Waals surface area contributed by atoms with E-state index < -0.39 is 0 Å². The predicted molar refractivity (Wildman–Crippen MR) is 84.3 cm³/mol. The van der Waals surface area contributed by atoms with Gasteiger partial charge in [-0.2, -0.15) is 0 Å². The Kier molecular flexibility index (Phi) is 6.72. The van der Waals surface area contributed by atoms with E-state index in [-0.39, 0.29) is 0 Å². The Bertz CT molecular complexity index is 366. The normalized spacial score (nSPS) is 12.5. The first-order chi connectivity index (χ1) is 8.60. The largest absolute Gasteiger partial charge is 0.372 e. The van der Waals surface area contributed by atoms with E-state index in [1.807, 2.05) is 0 Å². The van der Waals surface area contributed by atoms with E-state index in [1.54, 1.807) is 0 Å². The molecule has 0 fully saturated rings. The SMILES string of the molecule is CCCNCc1ccc(Br)cc1N(C)C(C)CC. The fraction of sp³-hybridized carbons (Fsp3) is 0.600. The second kappa shape index (κ2) is 7.80. The van der Waals surface area contributed by atoms with Gasteiger partial charge in [-0.15, -0.1) is 0 Å². The molecule has 2 nitrogen and oxygen atoms in total. The Morgan fingerprint density at radius 3 is 2.67 bits per heavy atom. The van der Waals surface area contributed by atoms with Crippen molar-refractivity contribution in [2.24, 2.45) is 0 Å². The molecule has 0 aromatic heterocycles. The molecule has 18 heavy (non-hydrogen) atoms. The number of nitrogens with zero attached hydrogens (tertiary/aromatic N) is 1. The lowest BCUT2D eigenvalue weighted by atomic mass is 10.1. The Hall–Kier alpha value is -0.540. The Morgan fingerprint density at radius 1 is 1.33 bits per heavy atom. The average Bonchev–Trinajstić information content (AvgIpc) is 2.38. The van der Waals surface area contributed by atoms with Crippen LogP contribution < -0.4 is 10.2 Å². The zero-order valence-electron chi connectivity index (χ0n) is 12.0. The van der Waals surface area contributed by atoms with Crippen molar-refractivity contribution in [2.75, 3.05) is 18.5 Å². The topological polar surface area (TPSA) is 15.3 Å². The summed E-state index contributed by atoms with van der Waals surface area (Å²) in [7, 11) is 2.18. The minimum absolute atomic E-state index is 0.559. The zero-order valence-corrected chi connectivity index (χ0v) is 13.5. The van der Waals surface area contributed by atoms with Crippen LogP contribution in [0.3, 0.4) is 0 Å². The Labute approximate surface area is 120 Å². The van der Waals surface area contributed by atoms with Gasteiger partial charge in [0, 0.05) is 29.8 Å². The van der Waals surface area contributed by atoms with Gasteiger partial charge in [-0.3, -0.25) is 0 Å². The third kappa shape index (κ3) is 4.29. The standard InChI is InChI=1S/C15H25BrN2/c1-5-9-17-11-13-7-8-14(16)10-15(13)18(4)12(3)6-2/h7-8,10,12,17H,5-6,9,11H2,1-4H3. The maximum atomic E-state index is 3.57. The van der Waals surface area contributed by atoms with Crippen LogP contribution in [0.25, 0.3) is 0 Å². The fourth-order valence-corrected chi connectivity index (χ4v) is 2.27. The molecule has 0 amide bonds. The second-order valence-electron chi connectivity index (χ2n) is 4.82. The molecule has 1 N–H and O–H groups in total. The first-order valence-electron chi connectivity index (χ1n) is 6.82. The zero-order chi connectivity index (χ0) is 13.5.